The summed E-state index contributed by atoms with van der Waals surface area (Å²) < 4.78 is 0. The minimum absolute atomic E-state index is 0.0706. The maximum absolute atomic E-state index is 11.9. The predicted molar refractivity (Wildman–Crippen MR) is 85.7 cm³/mol. The number of rotatable bonds is 2. The molecule has 0 spiro atoms. The molecule has 0 aliphatic heterocycles. The average molecular weight is 278 g/mol. The Kier molecular flexibility index (Phi) is 3.13. The summed E-state index contributed by atoms with van der Waals surface area (Å²) in [6, 6.07) is 10.2. The van der Waals surface area contributed by atoms with Crippen molar-refractivity contribution in [3.8, 4) is 11.3 Å². The summed E-state index contributed by atoms with van der Waals surface area (Å²) in [4.78, 5) is 20.0. The number of aryl methyl sites for hydroxylation is 3. The zero-order valence-electron chi connectivity index (χ0n) is 12.7. The first kappa shape index (κ1) is 13.6. The van der Waals surface area contributed by atoms with E-state index in [1.54, 1.807) is 6.92 Å². The van der Waals surface area contributed by atoms with E-state index in [9.17, 15) is 4.79 Å². The Morgan fingerprint density at radius 3 is 2.38 bits per heavy atom. The fourth-order valence-corrected chi connectivity index (χ4v) is 3.13. The van der Waals surface area contributed by atoms with Gasteiger partial charge in [-0.05, 0) is 33.3 Å². The summed E-state index contributed by atoms with van der Waals surface area (Å²) in [5, 5.41) is 1.06. The van der Waals surface area contributed by atoms with Gasteiger partial charge in [0, 0.05) is 27.9 Å². The van der Waals surface area contributed by atoms with Crippen LogP contribution in [0.2, 0.25) is 0 Å². The zero-order chi connectivity index (χ0) is 15.1. The molecule has 0 bridgehead atoms. The van der Waals surface area contributed by atoms with Crippen molar-refractivity contribution < 1.29 is 4.79 Å². The Morgan fingerprint density at radius 1 is 1.10 bits per heavy atom. The molecule has 0 aliphatic rings. The number of aromatic nitrogens is 2. The van der Waals surface area contributed by atoms with E-state index < -0.39 is 0 Å². The van der Waals surface area contributed by atoms with Crippen molar-refractivity contribution in [2.75, 3.05) is 0 Å². The first-order valence-electron chi connectivity index (χ1n) is 7.06. The quantitative estimate of drug-likeness (QED) is 0.708. The molecule has 3 nitrogen and oxygen atoms in total. The smallest absolute Gasteiger partial charge is 0.161 e. The highest BCUT2D eigenvalue weighted by Gasteiger charge is 2.19. The highest BCUT2D eigenvalue weighted by molar-refractivity contribution is 6.05. The second kappa shape index (κ2) is 4.85. The molecule has 3 rings (SSSR count). The molecule has 0 saturated carbocycles. The number of carbonyl (C=O) groups is 1. The van der Waals surface area contributed by atoms with E-state index in [0.717, 1.165) is 44.7 Å². The molecule has 1 aromatic carbocycles. The number of H-pyrrole nitrogens is 1. The summed E-state index contributed by atoms with van der Waals surface area (Å²) in [6.45, 7) is 7.54. The van der Waals surface area contributed by atoms with Gasteiger partial charge in [0.15, 0.2) is 5.78 Å². The number of pyridine rings is 1. The monoisotopic (exact) mass is 278 g/mol. The van der Waals surface area contributed by atoms with Crippen molar-refractivity contribution in [3.05, 3.63) is 52.8 Å². The number of carbonyl (C=O) groups excluding carboxylic acids is 1. The van der Waals surface area contributed by atoms with Crippen LogP contribution < -0.4 is 0 Å². The largest absolute Gasteiger partial charge is 0.356 e. The van der Waals surface area contributed by atoms with Gasteiger partial charge in [-0.15, -0.1) is 0 Å². The van der Waals surface area contributed by atoms with Crippen molar-refractivity contribution >= 4 is 16.7 Å². The number of fused-ring (bicyclic) bond motifs is 1. The van der Waals surface area contributed by atoms with E-state index in [-0.39, 0.29) is 5.78 Å². The van der Waals surface area contributed by atoms with Crippen LogP contribution in [0.3, 0.4) is 0 Å². The Labute approximate surface area is 124 Å². The maximum atomic E-state index is 11.9. The maximum Gasteiger partial charge on any atom is 0.161 e. The number of ketones is 1. The van der Waals surface area contributed by atoms with Gasteiger partial charge in [-0.25, -0.2) is 0 Å². The van der Waals surface area contributed by atoms with Crippen LogP contribution in [-0.4, -0.2) is 15.8 Å². The van der Waals surface area contributed by atoms with Gasteiger partial charge >= 0.3 is 0 Å². The van der Waals surface area contributed by atoms with Crippen LogP contribution in [-0.2, 0) is 0 Å². The number of nitrogens with zero attached hydrogens (tertiary/aromatic N) is 1. The molecular weight excluding hydrogens is 260 g/mol. The standard InChI is InChI=1S/C18H18N2O/c1-10-15(13(4)21)11(2)20-18-16(10)12(3)19-17(18)14-8-6-5-7-9-14/h5-9,19H,1-4H3. The van der Waals surface area contributed by atoms with Gasteiger partial charge < -0.3 is 4.98 Å². The van der Waals surface area contributed by atoms with Gasteiger partial charge in [0.1, 0.15) is 0 Å². The molecule has 21 heavy (non-hydrogen) atoms. The van der Waals surface area contributed by atoms with Crippen LogP contribution in [0.15, 0.2) is 30.3 Å². The second-order valence-electron chi connectivity index (χ2n) is 5.47. The van der Waals surface area contributed by atoms with Crippen molar-refractivity contribution in [2.45, 2.75) is 27.7 Å². The van der Waals surface area contributed by atoms with Crippen molar-refractivity contribution in [1.82, 2.24) is 9.97 Å². The molecule has 2 heterocycles. The first-order valence-corrected chi connectivity index (χ1v) is 7.06. The first-order chi connectivity index (χ1) is 10.0. The Hall–Kier alpha value is -2.42. The van der Waals surface area contributed by atoms with Crippen LogP contribution in [0.4, 0.5) is 0 Å². The van der Waals surface area contributed by atoms with Crippen LogP contribution in [0.1, 0.15) is 34.2 Å². The lowest BCUT2D eigenvalue weighted by molar-refractivity contribution is 0.101. The molecule has 0 fully saturated rings. The fourth-order valence-electron chi connectivity index (χ4n) is 3.13. The van der Waals surface area contributed by atoms with Gasteiger partial charge in [-0.3, -0.25) is 9.78 Å². The van der Waals surface area contributed by atoms with Crippen LogP contribution in [0.5, 0.6) is 0 Å². The average Bonchev–Trinajstić information content (AvgIpc) is 2.76. The molecule has 0 unspecified atom stereocenters. The SMILES string of the molecule is CC(=O)c1c(C)nc2c(-c3ccccc3)[nH]c(C)c2c1C. The van der Waals surface area contributed by atoms with Crippen molar-refractivity contribution in [2.24, 2.45) is 0 Å². The van der Waals surface area contributed by atoms with E-state index in [2.05, 4.69) is 17.1 Å². The normalized spacial score (nSPS) is 11.0. The lowest BCUT2D eigenvalue weighted by Gasteiger charge is -2.08. The van der Waals surface area contributed by atoms with Crippen LogP contribution in [0.25, 0.3) is 22.2 Å². The van der Waals surface area contributed by atoms with Gasteiger partial charge in [0.05, 0.1) is 11.2 Å². The Balaban J connectivity index is 2.40. The van der Waals surface area contributed by atoms with Crippen molar-refractivity contribution in [1.29, 1.82) is 0 Å². The minimum atomic E-state index is 0.0706. The van der Waals surface area contributed by atoms with Gasteiger partial charge in [0.2, 0.25) is 0 Å². The summed E-state index contributed by atoms with van der Waals surface area (Å²) >= 11 is 0. The summed E-state index contributed by atoms with van der Waals surface area (Å²) in [5.74, 6) is 0.0706. The molecule has 0 radical (unpaired) electrons. The molecule has 0 aliphatic carbocycles. The van der Waals surface area contributed by atoms with Gasteiger partial charge in [0.25, 0.3) is 0 Å². The summed E-state index contributed by atoms with van der Waals surface area (Å²) in [7, 11) is 0. The number of Topliss-reactive ketones (excluding diaryl/α,β-unsaturated/α-hetero) is 1. The molecule has 3 heteroatoms. The predicted octanol–water partition coefficient (Wildman–Crippen LogP) is 4.36. The molecule has 0 saturated heterocycles. The molecular formula is C18H18N2O. The number of benzene rings is 1. The van der Waals surface area contributed by atoms with Crippen LogP contribution >= 0.6 is 0 Å². The summed E-state index contributed by atoms with van der Waals surface area (Å²) in [6.07, 6.45) is 0. The topological polar surface area (TPSA) is 45.8 Å². The molecule has 0 atom stereocenters. The van der Waals surface area contributed by atoms with Crippen LogP contribution in [0, 0.1) is 20.8 Å². The third-order valence-corrected chi connectivity index (χ3v) is 3.97. The highest BCUT2D eigenvalue weighted by atomic mass is 16.1. The second-order valence-corrected chi connectivity index (χ2v) is 5.47. The van der Waals surface area contributed by atoms with Gasteiger partial charge in [-0.2, -0.15) is 0 Å². The van der Waals surface area contributed by atoms with E-state index in [1.807, 2.05) is 39.0 Å². The third kappa shape index (κ3) is 2.05. The Bertz CT molecular complexity index is 845. The highest BCUT2D eigenvalue weighted by Crippen LogP contribution is 2.33. The van der Waals surface area contributed by atoms with Gasteiger partial charge in [-0.1, -0.05) is 30.3 Å². The van der Waals surface area contributed by atoms with E-state index in [0.29, 0.717) is 0 Å². The lowest BCUT2D eigenvalue weighted by atomic mass is 9.99. The minimum Gasteiger partial charge on any atom is -0.356 e. The molecule has 0 amide bonds. The molecule has 1 N–H and O–H groups in total. The number of aromatic amines is 1. The zero-order valence-corrected chi connectivity index (χ0v) is 12.7. The van der Waals surface area contributed by atoms with Crippen molar-refractivity contribution in [3.63, 3.8) is 0 Å². The molecule has 2 aromatic heterocycles. The number of nitrogens with one attached hydrogen (secondary N) is 1. The van der Waals surface area contributed by atoms with E-state index in [4.69, 9.17) is 4.98 Å². The lowest BCUT2D eigenvalue weighted by Crippen LogP contribution is -2.03. The number of hydrogen-bond donors (Lipinski definition) is 1. The fraction of sp³-hybridized carbons (Fsp3) is 0.222. The summed E-state index contributed by atoms with van der Waals surface area (Å²) in [5.41, 5.74) is 6.67. The number of hydrogen-bond acceptors (Lipinski definition) is 2. The Morgan fingerprint density at radius 2 is 1.76 bits per heavy atom. The van der Waals surface area contributed by atoms with E-state index >= 15 is 0 Å². The molecule has 106 valence electrons. The third-order valence-electron chi connectivity index (χ3n) is 3.97. The van der Waals surface area contributed by atoms with E-state index in [1.165, 1.54) is 0 Å². The molecule has 3 aromatic rings.